The summed E-state index contributed by atoms with van der Waals surface area (Å²) in [5.41, 5.74) is 9.46. The monoisotopic (exact) mass is 244 g/mol. The topological polar surface area (TPSA) is 56.7 Å². The number of rotatable bonds is 3. The Labute approximate surface area is 107 Å². The summed E-state index contributed by atoms with van der Waals surface area (Å²) in [6.45, 7) is 5.31. The number of nitrogen functional groups attached to an aromatic ring is 1. The van der Waals surface area contributed by atoms with E-state index in [9.17, 15) is 0 Å². The molecule has 0 unspecified atom stereocenters. The maximum Gasteiger partial charge on any atom is 0.145 e. The van der Waals surface area contributed by atoms with E-state index in [1.54, 1.807) is 6.33 Å². The summed E-state index contributed by atoms with van der Waals surface area (Å²) < 4.78 is 2.31. The standard InChI is InChI=1S/C14H20N4/c1-9-10(2)18(7-6-11-4-3-5-11)14-12(9)13(15)16-8-17-14/h8,11H,3-7H2,1-2H3,(H2,15,16,17). The number of nitrogens with two attached hydrogens (primary N) is 1. The highest BCUT2D eigenvalue weighted by Crippen LogP contribution is 2.32. The van der Waals surface area contributed by atoms with Gasteiger partial charge in [-0.15, -0.1) is 0 Å². The van der Waals surface area contributed by atoms with Gasteiger partial charge in [-0.05, 0) is 31.7 Å². The zero-order valence-corrected chi connectivity index (χ0v) is 11.1. The van der Waals surface area contributed by atoms with Gasteiger partial charge in [0, 0.05) is 12.2 Å². The first kappa shape index (κ1) is 11.5. The van der Waals surface area contributed by atoms with E-state index in [1.165, 1.54) is 36.9 Å². The molecule has 2 aromatic heterocycles. The lowest BCUT2D eigenvalue weighted by Crippen LogP contribution is -2.14. The van der Waals surface area contributed by atoms with Crippen LogP contribution in [0.2, 0.25) is 0 Å². The van der Waals surface area contributed by atoms with Crippen LogP contribution in [-0.4, -0.2) is 14.5 Å². The van der Waals surface area contributed by atoms with E-state index in [4.69, 9.17) is 5.73 Å². The lowest BCUT2D eigenvalue weighted by atomic mass is 9.83. The zero-order valence-electron chi connectivity index (χ0n) is 11.1. The quantitative estimate of drug-likeness (QED) is 0.903. The highest BCUT2D eigenvalue weighted by molar-refractivity contribution is 5.90. The molecule has 0 aliphatic heterocycles. The summed E-state index contributed by atoms with van der Waals surface area (Å²) in [5, 5.41) is 1.03. The van der Waals surface area contributed by atoms with Gasteiger partial charge in [-0.25, -0.2) is 9.97 Å². The maximum absolute atomic E-state index is 5.97. The molecule has 4 heteroatoms. The van der Waals surface area contributed by atoms with E-state index in [2.05, 4.69) is 28.4 Å². The van der Waals surface area contributed by atoms with E-state index < -0.39 is 0 Å². The van der Waals surface area contributed by atoms with Crippen LogP contribution in [0.25, 0.3) is 11.0 Å². The lowest BCUT2D eigenvalue weighted by Gasteiger charge is -2.25. The molecule has 96 valence electrons. The number of anilines is 1. The van der Waals surface area contributed by atoms with Crippen LogP contribution in [-0.2, 0) is 6.54 Å². The molecule has 0 aromatic carbocycles. The Morgan fingerprint density at radius 3 is 2.78 bits per heavy atom. The molecule has 4 nitrogen and oxygen atoms in total. The van der Waals surface area contributed by atoms with Crippen LogP contribution >= 0.6 is 0 Å². The second-order valence-corrected chi connectivity index (χ2v) is 5.41. The first-order valence-electron chi connectivity index (χ1n) is 6.74. The minimum absolute atomic E-state index is 0.600. The normalized spacial score (nSPS) is 16.1. The molecule has 18 heavy (non-hydrogen) atoms. The van der Waals surface area contributed by atoms with Gasteiger partial charge < -0.3 is 10.3 Å². The molecule has 0 amide bonds. The maximum atomic E-state index is 5.97. The summed E-state index contributed by atoms with van der Waals surface area (Å²) in [7, 11) is 0. The minimum atomic E-state index is 0.600. The molecular formula is C14H20N4. The van der Waals surface area contributed by atoms with Gasteiger partial charge in [0.15, 0.2) is 0 Å². The average molecular weight is 244 g/mol. The van der Waals surface area contributed by atoms with Crippen LogP contribution in [0.15, 0.2) is 6.33 Å². The van der Waals surface area contributed by atoms with Gasteiger partial charge in [0.05, 0.1) is 5.39 Å². The number of fused-ring (bicyclic) bond motifs is 1. The van der Waals surface area contributed by atoms with Crippen LogP contribution in [0.5, 0.6) is 0 Å². The van der Waals surface area contributed by atoms with Crippen molar-refractivity contribution in [2.45, 2.75) is 46.1 Å². The zero-order chi connectivity index (χ0) is 12.7. The van der Waals surface area contributed by atoms with E-state index in [1.807, 2.05) is 0 Å². The van der Waals surface area contributed by atoms with Crippen molar-refractivity contribution in [3.8, 4) is 0 Å². The second-order valence-electron chi connectivity index (χ2n) is 5.41. The Kier molecular flexibility index (Phi) is 2.73. The molecule has 0 saturated heterocycles. The van der Waals surface area contributed by atoms with E-state index in [0.717, 1.165) is 23.5 Å². The Hall–Kier alpha value is -1.58. The van der Waals surface area contributed by atoms with Gasteiger partial charge in [0.1, 0.15) is 17.8 Å². The predicted molar refractivity (Wildman–Crippen MR) is 73.4 cm³/mol. The van der Waals surface area contributed by atoms with Crippen molar-refractivity contribution in [3.63, 3.8) is 0 Å². The van der Waals surface area contributed by atoms with E-state index in [-0.39, 0.29) is 0 Å². The molecule has 2 heterocycles. The van der Waals surface area contributed by atoms with Gasteiger partial charge >= 0.3 is 0 Å². The third kappa shape index (κ3) is 1.67. The molecule has 0 atom stereocenters. The highest BCUT2D eigenvalue weighted by atomic mass is 15.1. The van der Waals surface area contributed by atoms with Crippen molar-refractivity contribution < 1.29 is 0 Å². The summed E-state index contributed by atoms with van der Waals surface area (Å²) in [6, 6.07) is 0. The summed E-state index contributed by atoms with van der Waals surface area (Å²) in [4.78, 5) is 8.52. The fourth-order valence-corrected chi connectivity index (χ4v) is 2.86. The molecule has 0 spiro atoms. The number of hydrogen-bond donors (Lipinski definition) is 1. The van der Waals surface area contributed by atoms with Crippen molar-refractivity contribution in [1.29, 1.82) is 0 Å². The van der Waals surface area contributed by atoms with Crippen LogP contribution < -0.4 is 5.73 Å². The lowest BCUT2D eigenvalue weighted by molar-refractivity contribution is 0.283. The van der Waals surface area contributed by atoms with Gasteiger partial charge in [-0.2, -0.15) is 0 Å². The van der Waals surface area contributed by atoms with Crippen molar-refractivity contribution in [3.05, 3.63) is 17.6 Å². The number of aromatic nitrogens is 3. The second kappa shape index (κ2) is 4.26. The molecule has 1 aliphatic carbocycles. The minimum Gasteiger partial charge on any atom is -0.383 e. The molecule has 3 rings (SSSR count). The van der Waals surface area contributed by atoms with Crippen LogP contribution in [0, 0.1) is 19.8 Å². The fraction of sp³-hybridized carbons (Fsp3) is 0.571. The molecule has 0 bridgehead atoms. The third-order valence-corrected chi connectivity index (χ3v) is 4.42. The summed E-state index contributed by atoms with van der Waals surface area (Å²) in [6.07, 6.45) is 7.03. The smallest absolute Gasteiger partial charge is 0.145 e. The van der Waals surface area contributed by atoms with Crippen molar-refractivity contribution in [2.24, 2.45) is 5.92 Å². The number of hydrogen-bond acceptors (Lipinski definition) is 3. The Bertz CT molecular complexity index is 581. The van der Waals surface area contributed by atoms with Crippen LogP contribution in [0.1, 0.15) is 36.9 Å². The first-order valence-corrected chi connectivity index (χ1v) is 6.74. The molecule has 1 saturated carbocycles. The van der Waals surface area contributed by atoms with Crippen molar-refractivity contribution in [1.82, 2.24) is 14.5 Å². The largest absolute Gasteiger partial charge is 0.383 e. The Morgan fingerprint density at radius 1 is 1.33 bits per heavy atom. The molecule has 2 N–H and O–H groups in total. The highest BCUT2D eigenvalue weighted by Gasteiger charge is 2.19. The van der Waals surface area contributed by atoms with E-state index >= 15 is 0 Å². The van der Waals surface area contributed by atoms with Gasteiger partial charge in [0.2, 0.25) is 0 Å². The van der Waals surface area contributed by atoms with Gasteiger partial charge in [0.25, 0.3) is 0 Å². The summed E-state index contributed by atoms with van der Waals surface area (Å²) in [5.74, 6) is 1.52. The molecular weight excluding hydrogens is 224 g/mol. The number of nitrogens with zero attached hydrogens (tertiary/aromatic N) is 3. The molecule has 2 aromatic rings. The Morgan fingerprint density at radius 2 is 2.11 bits per heavy atom. The van der Waals surface area contributed by atoms with Gasteiger partial charge in [-0.1, -0.05) is 19.3 Å². The van der Waals surface area contributed by atoms with Crippen LogP contribution in [0.4, 0.5) is 5.82 Å². The van der Waals surface area contributed by atoms with E-state index in [0.29, 0.717) is 5.82 Å². The van der Waals surface area contributed by atoms with Crippen molar-refractivity contribution in [2.75, 3.05) is 5.73 Å². The predicted octanol–water partition coefficient (Wildman–Crippen LogP) is 2.82. The molecule has 0 radical (unpaired) electrons. The first-order chi connectivity index (χ1) is 8.68. The molecule has 1 aliphatic rings. The SMILES string of the molecule is Cc1c(C)n(CCC2CCC2)c2ncnc(N)c12. The Balaban J connectivity index is 1.99. The fourth-order valence-electron chi connectivity index (χ4n) is 2.86. The molecule has 1 fully saturated rings. The average Bonchev–Trinajstić information content (AvgIpc) is 2.53. The van der Waals surface area contributed by atoms with Crippen LogP contribution in [0.3, 0.4) is 0 Å². The third-order valence-electron chi connectivity index (χ3n) is 4.42. The summed E-state index contributed by atoms with van der Waals surface area (Å²) >= 11 is 0. The van der Waals surface area contributed by atoms with Crippen molar-refractivity contribution >= 4 is 16.9 Å². The van der Waals surface area contributed by atoms with Gasteiger partial charge in [-0.3, -0.25) is 0 Å². The number of aryl methyl sites for hydroxylation is 2.